The fourth-order valence-corrected chi connectivity index (χ4v) is 2.28. The van der Waals surface area contributed by atoms with Crippen molar-refractivity contribution < 1.29 is 14.7 Å². The van der Waals surface area contributed by atoms with Crippen molar-refractivity contribution in [1.82, 2.24) is 5.32 Å². The maximum absolute atomic E-state index is 12.2. The highest BCUT2D eigenvalue weighted by molar-refractivity contribution is 6.31. The number of rotatable bonds is 5. The van der Waals surface area contributed by atoms with E-state index in [1.165, 1.54) is 0 Å². The Morgan fingerprint density at radius 3 is 2.74 bits per heavy atom. The second-order valence-electron chi connectivity index (χ2n) is 4.97. The third-order valence-corrected chi connectivity index (χ3v) is 3.58. The molecule has 1 aliphatic rings. The minimum atomic E-state index is -0.889. The molecule has 2 N–H and O–H groups in total. The molecule has 1 fully saturated rings. The normalized spacial score (nSPS) is 15.9. The van der Waals surface area contributed by atoms with E-state index in [4.69, 9.17) is 16.7 Å². The second-order valence-corrected chi connectivity index (χ2v) is 5.41. The molecule has 1 atom stereocenters. The monoisotopic (exact) mass is 281 g/mol. The first-order valence-corrected chi connectivity index (χ1v) is 6.64. The molecule has 0 bridgehead atoms. The number of carbonyl (C=O) groups excluding carboxylic acids is 1. The number of halogens is 1. The summed E-state index contributed by atoms with van der Waals surface area (Å²) in [7, 11) is 0. The fourth-order valence-electron chi connectivity index (χ4n) is 2.11. The van der Waals surface area contributed by atoms with Gasteiger partial charge in [0.1, 0.15) is 0 Å². The van der Waals surface area contributed by atoms with Gasteiger partial charge in [-0.05, 0) is 43.4 Å². The molecule has 0 saturated heterocycles. The summed E-state index contributed by atoms with van der Waals surface area (Å²) in [5, 5.41) is 12.2. The smallest absolute Gasteiger partial charge is 0.305 e. The van der Waals surface area contributed by atoms with Gasteiger partial charge in [0, 0.05) is 16.6 Å². The quantitative estimate of drug-likeness (QED) is 0.872. The number of aryl methyl sites for hydroxylation is 1. The van der Waals surface area contributed by atoms with Crippen molar-refractivity contribution in [2.75, 3.05) is 0 Å². The topological polar surface area (TPSA) is 66.4 Å². The average Bonchev–Trinajstić information content (AvgIpc) is 3.14. The molecule has 0 spiro atoms. The van der Waals surface area contributed by atoms with Crippen molar-refractivity contribution >= 4 is 23.5 Å². The molecule has 0 aromatic heterocycles. The standard InChI is InChI=1S/C14H16ClNO3/c1-8-2-5-10(15)6-11(8)14(19)16-12(7-13(17)18)9-3-4-9/h2,5-6,9,12H,3-4,7H2,1H3,(H,16,19)(H,17,18). The number of hydrogen-bond acceptors (Lipinski definition) is 2. The molecule has 0 heterocycles. The number of aliphatic carboxylic acids is 1. The molecule has 1 amide bonds. The summed E-state index contributed by atoms with van der Waals surface area (Å²) in [6.45, 7) is 1.83. The maximum Gasteiger partial charge on any atom is 0.305 e. The van der Waals surface area contributed by atoms with Crippen LogP contribution in [0.4, 0.5) is 0 Å². The lowest BCUT2D eigenvalue weighted by Crippen LogP contribution is -2.38. The van der Waals surface area contributed by atoms with Crippen molar-refractivity contribution in [1.29, 1.82) is 0 Å². The van der Waals surface area contributed by atoms with Crippen molar-refractivity contribution in [3.63, 3.8) is 0 Å². The number of nitrogens with one attached hydrogen (secondary N) is 1. The Bertz CT molecular complexity index is 511. The van der Waals surface area contributed by atoms with Crippen LogP contribution in [0.3, 0.4) is 0 Å². The second kappa shape index (κ2) is 5.61. The molecule has 1 unspecified atom stereocenters. The number of benzene rings is 1. The third kappa shape index (κ3) is 3.70. The Balaban J connectivity index is 2.10. The van der Waals surface area contributed by atoms with Crippen LogP contribution in [-0.4, -0.2) is 23.0 Å². The lowest BCUT2D eigenvalue weighted by atomic mass is 10.1. The van der Waals surface area contributed by atoms with E-state index in [0.29, 0.717) is 16.5 Å². The van der Waals surface area contributed by atoms with Crippen molar-refractivity contribution in [2.45, 2.75) is 32.2 Å². The average molecular weight is 282 g/mol. The van der Waals surface area contributed by atoms with E-state index < -0.39 is 5.97 Å². The molecule has 1 aromatic carbocycles. The maximum atomic E-state index is 12.2. The molecule has 2 rings (SSSR count). The van der Waals surface area contributed by atoms with Crippen LogP contribution in [0.15, 0.2) is 18.2 Å². The van der Waals surface area contributed by atoms with E-state index in [0.717, 1.165) is 18.4 Å². The van der Waals surface area contributed by atoms with Gasteiger partial charge in [-0.15, -0.1) is 0 Å². The van der Waals surface area contributed by atoms with Crippen molar-refractivity contribution in [3.05, 3.63) is 34.3 Å². The first kappa shape index (κ1) is 13.9. The lowest BCUT2D eigenvalue weighted by molar-refractivity contribution is -0.137. The Morgan fingerprint density at radius 2 is 2.16 bits per heavy atom. The zero-order valence-corrected chi connectivity index (χ0v) is 11.4. The molecule has 4 nitrogen and oxygen atoms in total. The van der Waals surface area contributed by atoms with Gasteiger partial charge in [0.05, 0.1) is 6.42 Å². The van der Waals surface area contributed by atoms with Gasteiger partial charge in [-0.3, -0.25) is 9.59 Å². The van der Waals surface area contributed by atoms with E-state index in [2.05, 4.69) is 5.32 Å². The zero-order valence-electron chi connectivity index (χ0n) is 10.6. The SMILES string of the molecule is Cc1ccc(Cl)cc1C(=O)NC(CC(=O)O)C1CC1. The first-order chi connectivity index (χ1) is 8.97. The number of carboxylic acids is 1. The van der Waals surface area contributed by atoms with Gasteiger partial charge in [-0.2, -0.15) is 0 Å². The van der Waals surface area contributed by atoms with Gasteiger partial charge >= 0.3 is 5.97 Å². The minimum Gasteiger partial charge on any atom is -0.481 e. The Morgan fingerprint density at radius 1 is 1.47 bits per heavy atom. The van der Waals surface area contributed by atoms with Crippen molar-refractivity contribution in [2.24, 2.45) is 5.92 Å². The molecular weight excluding hydrogens is 266 g/mol. The molecule has 0 aliphatic heterocycles. The molecule has 5 heteroatoms. The number of hydrogen-bond donors (Lipinski definition) is 2. The summed E-state index contributed by atoms with van der Waals surface area (Å²) >= 11 is 5.88. The zero-order chi connectivity index (χ0) is 14.0. The van der Waals surface area contributed by atoms with Crippen LogP contribution in [0.25, 0.3) is 0 Å². The largest absolute Gasteiger partial charge is 0.481 e. The predicted molar refractivity (Wildman–Crippen MR) is 72.4 cm³/mol. The highest BCUT2D eigenvalue weighted by Gasteiger charge is 2.34. The summed E-state index contributed by atoms with van der Waals surface area (Å²) in [4.78, 5) is 23.0. The van der Waals surface area contributed by atoms with Crippen molar-refractivity contribution in [3.8, 4) is 0 Å². The third-order valence-electron chi connectivity index (χ3n) is 3.35. The Kier molecular flexibility index (Phi) is 4.10. The molecule has 102 valence electrons. The molecule has 1 saturated carbocycles. The van der Waals surface area contributed by atoms with Gasteiger partial charge in [-0.1, -0.05) is 17.7 Å². The van der Waals surface area contributed by atoms with Crippen LogP contribution in [0.2, 0.25) is 5.02 Å². The Hall–Kier alpha value is -1.55. The van der Waals surface area contributed by atoms with E-state index in [-0.39, 0.29) is 18.4 Å². The highest BCUT2D eigenvalue weighted by Crippen LogP contribution is 2.34. The van der Waals surface area contributed by atoms with Gasteiger partial charge in [0.2, 0.25) is 0 Å². The van der Waals surface area contributed by atoms with Crippen LogP contribution >= 0.6 is 11.6 Å². The van der Waals surface area contributed by atoms with Gasteiger partial charge in [-0.25, -0.2) is 0 Å². The summed E-state index contributed by atoms with van der Waals surface area (Å²) in [5.41, 5.74) is 1.33. The predicted octanol–water partition coefficient (Wildman–Crippen LogP) is 2.63. The minimum absolute atomic E-state index is 0.0317. The number of carbonyl (C=O) groups is 2. The molecule has 1 aliphatic carbocycles. The van der Waals surface area contributed by atoms with E-state index in [1.807, 2.05) is 6.92 Å². The van der Waals surface area contributed by atoms with Gasteiger partial charge < -0.3 is 10.4 Å². The fraction of sp³-hybridized carbons (Fsp3) is 0.429. The van der Waals surface area contributed by atoms with E-state index in [9.17, 15) is 9.59 Å². The molecule has 19 heavy (non-hydrogen) atoms. The summed E-state index contributed by atoms with van der Waals surface area (Å²) in [6, 6.07) is 4.82. The van der Waals surface area contributed by atoms with E-state index >= 15 is 0 Å². The number of carboxylic acid groups (broad SMARTS) is 1. The molecule has 0 radical (unpaired) electrons. The molecule has 1 aromatic rings. The van der Waals surface area contributed by atoms with Crippen LogP contribution < -0.4 is 5.32 Å². The molecular formula is C14H16ClNO3. The number of amides is 1. The van der Waals surface area contributed by atoms with Crippen LogP contribution in [0, 0.1) is 12.8 Å². The van der Waals surface area contributed by atoms with Gasteiger partial charge in [0.15, 0.2) is 0 Å². The summed E-state index contributed by atoms with van der Waals surface area (Å²) in [6.07, 6.45) is 1.93. The lowest BCUT2D eigenvalue weighted by Gasteiger charge is -2.17. The Labute approximate surface area is 116 Å². The van der Waals surface area contributed by atoms with Crippen LogP contribution in [0.5, 0.6) is 0 Å². The summed E-state index contributed by atoms with van der Waals surface area (Å²) < 4.78 is 0. The first-order valence-electron chi connectivity index (χ1n) is 6.26. The van der Waals surface area contributed by atoms with Crippen LogP contribution in [-0.2, 0) is 4.79 Å². The van der Waals surface area contributed by atoms with Gasteiger partial charge in [0.25, 0.3) is 5.91 Å². The van der Waals surface area contributed by atoms with E-state index in [1.54, 1.807) is 18.2 Å². The van der Waals surface area contributed by atoms with Crippen LogP contribution in [0.1, 0.15) is 35.2 Å². The highest BCUT2D eigenvalue weighted by atomic mass is 35.5. The summed E-state index contributed by atoms with van der Waals surface area (Å²) in [5.74, 6) is -0.849.